The van der Waals surface area contributed by atoms with E-state index in [1.807, 2.05) is 37.3 Å². The van der Waals surface area contributed by atoms with E-state index in [1.165, 1.54) is 0 Å². The zero-order chi connectivity index (χ0) is 18.6. The number of rotatable bonds is 3. The molecular formula is C16H17N3O4S2. The van der Waals surface area contributed by atoms with Gasteiger partial charge in [0.25, 0.3) is 0 Å². The number of para-hydroxylation sites is 1. The molecule has 0 radical (unpaired) electrons. The van der Waals surface area contributed by atoms with Crippen molar-refractivity contribution in [3.05, 3.63) is 41.6 Å². The maximum absolute atomic E-state index is 12.2. The Morgan fingerprint density at radius 3 is 2.00 bits per heavy atom. The van der Waals surface area contributed by atoms with Crippen molar-refractivity contribution in [1.29, 1.82) is 0 Å². The van der Waals surface area contributed by atoms with Gasteiger partial charge < -0.3 is 0 Å². The number of hydrogen-bond acceptors (Lipinski definition) is 6. The van der Waals surface area contributed by atoms with Crippen molar-refractivity contribution in [3.8, 4) is 5.69 Å². The zero-order valence-corrected chi connectivity index (χ0v) is 15.8. The minimum Gasteiger partial charge on any atom is -0.298 e. The molecule has 132 valence electrons. The highest BCUT2D eigenvalue weighted by Gasteiger charge is 2.26. The minimum atomic E-state index is -3.78. The van der Waals surface area contributed by atoms with Crippen LogP contribution in [-0.2, 0) is 19.7 Å². The van der Waals surface area contributed by atoms with E-state index in [4.69, 9.17) is 0 Å². The van der Waals surface area contributed by atoms with Crippen LogP contribution < -0.4 is 0 Å². The Balaban J connectivity index is 2.59. The molecule has 0 aliphatic rings. The molecule has 0 atom stereocenters. The van der Waals surface area contributed by atoms with Crippen molar-refractivity contribution in [2.75, 3.05) is 12.5 Å². The van der Waals surface area contributed by atoms with E-state index in [-0.39, 0.29) is 10.7 Å². The van der Waals surface area contributed by atoms with Gasteiger partial charge in [0.15, 0.2) is 20.5 Å². The van der Waals surface area contributed by atoms with E-state index < -0.39 is 24.8 Å². The first-order chi connectivity index (χ1) is 11.5. The molecule has 0 fully saturated rings. The fourth-order valence-corrected chi connectivity index (χ4v) is 4.17. The molecular weight excluding hydrogens is 362 g/mol. The minimum absolute atomic E-state index is 0.261. The van der Waals surface area contributed by atoms with Gasteiger partial charge in [0.05, 0.1) is 5.39 Å². The van der Waals surface area contributed by atoms with E-state index in [1.54, 1.807) is 11.5 Å². The molecule has 0 amide bonds. The number of aryl methyl sites for hydroxylation is 1. The van der Waals surface area contributed by atoms with Gasteiger partial charge in [0.2, 0.25) is 15.0 Å². The summed E-state index contributed by atoms with van der Waals surface area (Å²) in [4.78, 5) is 8.03. The highest BCUT2D eigenvalue weighted by Crippen LogP contribution is 2.32. The van der Waals surface area contributed by atoms with Gasteiger partial charge in [0.1, 0.15) is 0 Å². The van der Waals surface area contributed by atoms with Crippen LogP contribution in [0.2, 0.25) is 0 Å². The van der Waals surface area contributed by atoms with Crippen LogP contribution in [-0.4, -0.2) is 43.9 Å². The number of nitrogens with zero attached hydrogens (tertiary/aromatic N) is 3. The number of fused-ring (bicyclic) bond motifs is 1. The maximum Gasteiger partial charge on any atom is 0.250 e. The predicted octanol–water partition coefficient (Wildman–Crippen LogP) is 1.84. The Morgan fingerprint density at radius 2 is 1.48 bits per heavy atom. The van der Waals surface area contributed by atoms with Crippen LogP contribution in [0.25, 0.3) is 16.7 Å². The summed E-state index contributed by atoms with van der Waals surface area (Å²) < 4.78 is 50.2. The smallest absolute Gasteiger partial charge is 0.250 e. The molecule has 0 aliphatic carbocycles. The first kappa shape index (κ1) is 17.6. The van der Waals surface area contributed by atoms with Crippen LogP contribution in [0.15, 0.2) is 40.5 Å². The highest BCUT2D eigenvalue weighted by atomic mass is 32.2. The second-order valence-electron chi connectivity index (χ2n) is 5.94. The summed E-state index contributed by atoms with van der Waals surface area (Å²) in [6.45, 7) is 3.60. The maximum atomic E-state index is 12.2. The lowest BCUT2D eigenvalue weighted by Gasteiger charge is -2.09. The van der Waals surface area contributed by atoms with Gasteiger partial charge in [-0.05, 0) is 31.5 Å². The van der Waals surface area contributed by atoms with Crippen molar-refractivity contribution >= 4 is 30.7 Å². The molecule has 2 aromatic heterocycles. The Labute approximate surface area is 146 Å². The van der Waals surface area contributed by atoms with Gasteiger partial charge in [-0.3, -0.25) is 4.57 Å². The molecule has 0 unspecified atom stereocenters. The molecule has 0 N–H and O–H groups in total. The largest absolute Gasteiger partial charge is 0.298 e. The molecule has 3 aromatic rings. The highest BCUT2D eigenvalue weighted by molar-refractivity contribution is 7.91. The van der Waals surface area contributed by atoms with Crippen molar-refractivity contribution in [2.45, 2.75) is 24.0 Å². The average molecular weight is 379 g/mol. The zero-order valence-electron chi connectivity index (χ0n) is 14.2. The van der Waals surface area contributed by atoms with E-state index in [9.17, 15) is 16.8 Å². The molecule has 0 bridgehead atoms. The first-order valence-corrected chi connectivity index (χ1v) is 11.2. The third-order valence-electron chi connectivity index (χ3n) is 4.00. The molecule has 25 heavy (non-hydrogen) atoms. The van der Waals surface area contributed by atoms with E-state index in [2.05, 4.69) is 9.97 Å². The van der Waals surface area contributed by atoms with E-state index >= 15 is 0 Å². The first-order valence-electron chi connectivity index (χ1n) is 7.37. The topological polar surface area (TPSA) is 99.0 Å². The molecule has 3 rings (SSSR count). The Bertz CT molecular complexity index is 1200. The van der Waals surface area contributed by atoms with Crippen LogP contribution in [0.5, 0.6) is 0 Å². The summed E-state index contributed by atoms with van der Waals surface area (Å²) >= 11 is 0. The van der Waals surface area contributed by atoms with Crippen molar-refractivity contribution in [2.24, 2.45) is 0 Å². The van der Waals surface area contributed by atoms with Crippen LogP contribution in [0.3, 0.4) is 0 Å². The average Bonchev–Trinajstić information content (AvgIpc) is 2.77. The van der Waals surface area contributed by atoms with Gasteiger partial charge >= 0.3 is 0 Å². The molecule has 9 heteroatoms. The summed E-state index contributed by atoms with van der Waals surface area (Å²) in [7, 11) is -7.53. The monoisotopic (exact) mass is 379 g/mol. The molecule has 0 saturated heterocycles. The number of hydrogen-bond donors (Lipinski definition) is 0. The summed E-state index contributed by atoms with van der Waals surface area (Å²) in [5, 5.41) is -0.431. The second kappa shape index (κ2) is 5.63. The quantitative estimate of drug-likeness (QED) is 0.509. The van der Waals surface area contributed by atoms with Crippen molar-refractivity contribution in [3.63, 3.8) is 0 Å². The number of aromatic nitrogens is 3. The Kier molecular flexibility index (Phi) is 3.96. The van der Waals surface area contributed by atoms with Crippen molar-refractivity contribution < 1.29 is 16.8 Å². The summed E-state index contributed by atoms with van der Waals surface area (Å²) in [5.41, 5.74) is 2.48. The van der Waals surface area contributed by atoms with Crippen LogP contribution >= 0.6 is 0 Å². The normalized spacial score (nSPS) is 12.6. The van der Waals surface area contributed by atoms with Gasteiger partial charge in [-0.25, -0.2) is 21.8 Å². The molecule has 1 aromatic carbocycles. The third-order valence-corrected chi connectivity index (χ3v) is 5.84. The molecule has 2 heterocycles. The fourth-order valence-electron chi connectivity index (χ4n) is 2.73. The fraction of sp³-hybridized carbons (Fsp3) is 0.250. The summed E-state index contributed by atoms with van der Waals surface area (Å²) in [5.74, 6) is 0. The lowest BCUT2D eigenvalue weighted by Crippen LogP contribution is -2.11. The Hall–Kier alpha value is -2.26. The van der Waals surface area contributed by atoms with Crippen LogP contribution in [0.1, 0.15) is 11.3 Å². The van der Waals surface area contributed by atoms with Gasteiger partial charge in [-0.15, -0.1) is 0 Å². The van der Waals surface area contributed by atoms with Crippen LogP contribution in [0, 0.1) is 13.8 Å². The SMILES string of the molecule is Cc1c(C)n(-c2ccccc2)c2nc(S(C)(=O)=O)nc(S(C)(=O)=O)c12. The third kappa shape index (κ3) is 2.93. The Morgan fingerprint density at radius 1 is 0.880 bits per heavy atom. The lowest BCUT2D eigenvalue weighted by molar-refractivity contribution is 0.587. The predicted molar refractivity (Wildman–Crippen MR) is 94.6 cm³/mol. The van der Waals surface area contributed by atoms with E-state index in [0.29, 0.717) is 10.9 Å². The molecule has 0 aliphatic heterocycles. The molecule has 7 nitrogen and oxygen atoms in total. The lowest BCUT2D eigenvalue weighted by atomic mass is 10.2. The van der Waals surface area contributed by atoms with Gasteiger partial charge in [0, 0.05) is 23.9 Å². The summed E-state index contributed by atoms with van der Waals surface area (Å²) in [6, 6.07) is 9.22. The number of sulfone groups is 2. The second-order valence-corrected chi connectivity index (χ2v) is 9.78. The van der Waals surface area contributed by atoms with Crippen LogP contribution in [0.4, 0.5) is 0 Å². The van der Waals surface area contributed by atoms with E-state index in [0.717, 1.165) is 23.9 Å². The van der Waals surface area contributed by atoms with Gasteiger partial charge in [-0.1, -0.05) is 18.2 Å². The standard InChI is InChI=1S/C16H17N3O4S2/c1-10-11(2)19(12-8-6-5-7-9-12)14-13(10)15(24(3,20)21)18-16(17-14)25(4,22)23/h5-9H,1-4H3. The molecule has 0 saturated carbocycles. The number of benzene rings is 1. The summed E-state index contributed by atoms with van der Waals surface area (Å²) in [6.07, 6.45) is 1.96. The van der Waals surface area contributed by atoms with Crippen molar-refractivity contribution in [1.82, 2.24) is 14.5 Å². The molecule has 0 spiro atoms. The van der Waals surface area contributed by atoms with Gasteiger partial charge in [-0.2, -0.15) is 4.98 Å².